The average molecular weight is 393 g/mol. The van der Waals surface area contributed by atoms with Gasteiger partial charge in [0.1, 0.15) is 18.3 Å². The van der Waals surface area contributed by atoms with Crippen molar-refractivity contribution in [3.8, 4) is 11.1 Å². The molecule has 0 atom stereocenters. The second kappa shape index (κ2) is 7.13. The predicted molar refractivity (Wildman–Crippen MR) is 95.4 cm³/mol. The lowest BCUT2D eigenvalue weighted by atomic mass is 9.81. The van der Waals surface area contributed by atoms with Crippen LogP contribution in [0.3, 0.4) is 0 Å². The Kier molecular flexibility index (Phi) is 4.79. The summed E-state index contributed by atoms with van der Waals surface area (Å²) in [4.78, 5) is 0. The Balaban J connectivity index is 1.80. The third kappa shape index (κ3) is 3.35. The molecule has 1 fully saturated rings. The summed E-state index contributed by atoms with van der Waals surface area (Å²) in [5.41, 5.74) is 0.772. The molecule has 7 heteroatoms. The molecule has 2 aromatic carbocycles. The largest absolute Gasteiger partial charge is 0.452 e. The van der Waals surface area contributed by atoms with Crippen LogP contribution in [-0.2, 0) is 21.4 Å². The Labute approximate surface area is 160 Å². The van der Waals surface area contributed by atoms with Crippen LogP contribution in [-0.4, -0.2) is 13.1 Å². The molecule has 2 aliphatic heterocycles. The maximum Gasteiger partial charge on any atom is 0.416 e. The van der Waals surface area contributed by atoms with E-state index in [4.69, 9.17) is 9.47 Å². The minimum absolute atomic E-state index is 0.0161. The number of benzene rings is 2. The molecule has 0 saturated carbocycles. The first kappa shape index (κ1) is 18.8. The third-order valence-electron chi connectivity index (χ3n) is 5.30. The van der Waals surface area contributed by atoms with Crippen molar-refractivity contribution < 1.29 is 27.0 Å². The summed E-state index contributed by atoms with van der Waals surface area (Å²) in [6.07, 6.45) is 0.0854. The van der Waals surface area contributed by atoms with Crippen molar-refractivity contribution in [1.82, 2.24) is 5.32 Å². The molecule has 28 heavy (non-hydrogen) atoms. The van der Waals surface area contributed by atoms with Crippen molar-refractivity contribution in [2.45, 2.75) is 24.8 Å². The van der Waals surface area contributed by atoms with Crippen molar-refractivity contribution in [2.75, 3.05) is 13.1 Å². The fraction of sp³-hybridized carbons (Fsp3) is 0.333. The van der Waals surface area contributed by atoms with Gasteiger partial charge in [0.25, 0.3) is 5.79 Å². The molecule has 0 amide bonds. The van der Waals surface area contributed by atoms with E-state index >= 15 is 0 Å². The van der Waals surface area contributed by atoms with Gasteiger partial charge in [0.15, 0.2) is 0 Å². The summed E-state index contributed by atoms with van der Waals surface area (Å²) in [6.45, 7) is 1.60. The first-order valence-electron chi connectivity index (χ1n) is 9.09. The third-order valence-corrected chi connectivity index (χ3v) is 5.30. The van der Waals surface area contributed by atoms with Crippen molar-refractivity contribution >= 4 is 0 Å². The second-order valence-corrected chi connectivity index (χ2v) is 6.96. The summed E-state index contributed by atoms with van der Waals surface area (Å²) in [5.74, 6) is -1.58. The number of hydrogen-bond acceptors (Lipinski definition) is 3. The van der Waals surface area contributed by atoms with Crippen molar-refractivity contribution in [3.63, 3.8) is 0 Å². The van der Waals surface area contributed by atoms with Gasteiger partial charge in [0.2, 0.25) is 0 Å². The zero-order valence-electron chi connectivity index (χ0n) is 14.9. The van der Waals surface area contributed by atoms with Crippen LogP contribution in [0.15, 0.2) is 55.0 Å². The smallest absolute Gasteiger partial charge is 0.416 e. The minimum Gasteiger partial charge on any atom is -0.452 e. The molecule has 3 nitrogen and oxygen atoms in total. The Bertz CT molecular complexity index is 863. The molecule has 0 unspecified atom stereocenters. The SMILES string of the molecule is Fc1ccc(C2(C3CCNCC3)OC=CO2)c(-c2ccc(C(F)(F)F)cc2)c1. The number of halogens is 4. The average Bonchev–Trinajstić information content (AvgIpc) is 3.19. The Morgan fingerprint density at radius 1 is 0.929 bits per heavy atom. The molecule has 0 aromatic heterocycles. The Morgan fingerprint density at radius 3 is 2.18 bits per heavy atom. The Hall–Kier alpha value is -2.54. The molecule has 2 heterocycles. The molecule has 0 bridgehead atoms. The van der Waals surface area contributed by atoms with Crippen molar-refractivity contribution in [1.29, 1.82) is 0 Å². The van der Waals surface area contributed by atoms with E-state index in [1.807, 2.05) is 0 Å². The molecule has 0 radical (unpaired) electrons. The van der Waals surface area contributed by atoms with E-state index in [0.717, 1.165) is 38.1 Å². The molecule has 0 spiro atoms. The predicted octanol–water partition coefficient (Wildman–Crippen LogP) is 5.18. The maximum absolute atomic E-state index is 14.1. The van der Waals surface area contributed by atoms with Gasteiger partial charge in [-0.05, 0) is 67.4 Å². The van der Waals surface area contributed by atoms with Gasteiger partial charge < -0.3 is 14.8 Å². The van der Waals surface area contributed by atoms with E-state index < -0.39 is 23.3 Å². The van der Waals surface area contributed by atoms with E-state index in [1.165, 1.54) is 36.8 Å². The molecule has 2 aliphatic rings. The highest BCUT2D eigenvalue weighted by molar-refractivity contribution is 5.69. The van der Waals surface area contributed by atoms with Gasteiger partial charge in [0.05, 0.1) is 5.56 Å². The van der Waals surface area contributed by atoms with Gasteiger partial charge >= 0.3 is 6.18 Å². The zero-order chi connectivity index (χ0) is 19.8. The van der Waals surface area contributed by atoms with Crippen LogP contribution >= 0.6 is 0 Å². The van der Waals surface area contributed by atoms with Crippen LogP contribution in [0, 0.1) is 11.7 Å². The van der Waals surface area contributed by atoms with Gasteiger partial charge in [0, 0.05) is 11.5 Å². The first-order chi connectivity index (χ1) is 13.4. The summed E-state index contributed by atoms with van der Waals surface area (Å²) in [7, 11) is 0. The van der Waals surface area contributed by atoms with E-state index in [1.54, 1.807) is 6.07 Å². The van der Waals surface area contributed by atoms with E-state index in [2.05, 4.69) is 5.32 Å². The van der Waals surface area contributed by atoms with Crippen LogP contribution in [0.4, 0.5) is 17.6 Å². The van der Waals surface area contributed by atoms with Gasteiger partial charge in [-0.15, -0.1) is 0 Å². The van der Waals surface area contributed by atoms with E-state index in [9.17, 15) is 17.6 Å². The van der Waals surface area contributed by atoms with Crippen molar-refractivity contribution in [3.05, 3.63) is 71.9 Å². The van der Waals surface area contributed by atoms with Crippen molar-refractivity contribution in [2.24, 2.45) is 5.92 Å². The highest BCUT2D eigenvalue weighted by atomic mass is 19.4. The zero-order valence-corrected chi connectivity index (χ0v) is 14.9. The first-order valence-corrected chi connectivity index (χ1v) is 9.09. The number of ether oxygens (including phenoxy) is 2. The standard InChI is InChI=1S/C21H19F4NO2/c22-17-5-6-19(20(27-11-12-28-20)15-7-9-26-10-8-15)18(13-17)14-1-3-16(4-2-14)21(23,24)25/h1-6,11-13,15,26H,7-10H2. The lowest BCUT2D eigenvalue weighted by molar-refractivity contribution is -0.196. The fourth-order valence-corrected chi connectivity index (χ4v) is 3.92. The monoisotopic (exact) mass is 393 g/mol. The molecule has 1 N–H and O–H groups in total. The second-order valence-electron chi connectivity index (χ2n) is 6.96. The van der Waals surface area contributed by atoms with Crippen LogP contribution in [0.25, 0.3) is 11.1 Å². The summed E-state index contributed by atoms with van der Waals surface area (Å²) < 4.78 is 64.6. The van der Waals surface area contributed by atoms with Crippen LogP contribution < -0.4 is 5.32 Å². The highest BCUT2D eigenvalue weighted by Crippen LogP contribution is 2.47. The lowest BCUT2D eigenvalue weighted by Gasteiger charge is -2.39. The number of piperidine rings is 1. The van der Waals surface area contributed by atoms with E-state index in [-0.39, 0.29) is 5.92 Å². The fourth-order valence-electron chi connectivity index (χ4n) is 3.92. The van der Waals surface area contributed by atoms with Gasteiger partial charge in [-0.1, -0.05) is 12.1 Å². The summed E-state index contributed by atoms with van der Waals surface area (Å²) >= 11 is 0. The molecule has 0 aliphatic carbocycles. The molecule has 4 rings (SSSR count). The number of nitrogens with one attached hydrogen (secondary N) is 1. The van der Waals surface area contributed by atoms with Crippen LogP contribution in [0.1, 0.15) is 24.0 Å². The van der Waals surface area contributed by atoms with Gasteiger partial charge in [-0.2, -0.15) is 13.2 Å². The molecule has 2 aromatic rings. The van der Waals surface area contributed by atoms with Gasteiger partial charge in [-0.25, -0.2) is 4.39 Å². The molecule has 148 valence electrons. The molecule has 1 saturated heterocycles. The number of hydrogen-bond donors (Lipinski definition) is 1. The Morgan fingerprint density at radius 2 is 1.57 bits per heavy atom. The molecular formula is C21H19F4NO2. The van der Waals surface area contributed by atoms with Crippen LogP contribution in [0.5, 0.6) is 0 Å². The quantitative estimate of drug-likeness (QED) is 0.729. The number of alkyl halides is 3. The topological polar surface area (TPSA) is 30.5 Å². The summed E-state index contributed by atoms with van der Waals surface area (Å²) in [5, 5.41) is 3.28. The van der Waals surface area contributed by atoms with Gasteiger partial charge in [-0.3, -0.25) is 0 Å². The van der Waals surface area contributed by atoms with Crippen LogP contribution in [0.2, 0.25) is 0 Å². The molecular weight excluding hydrogens is 374 g/mol. The maximum atomic E-state index is 14.1. The highest BCUT2D eigenvalue weighted by Gasteiger charge is 2.48. The normalized spacial score (nSPS) is 19.3. The lowest BCUT2D eigenvalue weighted by Crippen LogP contribution is -2.43. The number of rotatable bonds is 3. The minimum atomic E-state index is -4.43. The van der Waals surface area contributed by atoms with E-state index in [0.29, 0.717) is 16.7 Å². The summed E-state index contributed by atoms with van der Waals surface area (Å²) in [6, 6.07) is 8.91.